The van der Waals surface area contributed by atoms with Crippen LogP contribution in [0.25, 0.3) is 10.6 Å². The van der Waals surface area contributed by atoms with Gasteiger partial charge in [0.15, 0.2) is 15.5 Å². The van der Waals surface area contributed by atoms with Crippen LogP contribution in [-0.2, 0) is 16.4 Å². The van der Waals surface area contributed by atoms with Gasteiger partial charge in [0.25, 0.3) is 5.91 Å². The van der Waals surface area contributed by atoms with E-state index in [1.807, 2.05) is 17.5 Å². The molecule has 1 N–H and O–H groups in total. The van der Waals surface area contributed by atoms with Crippen LogP contribution >= 0.6 is 11.3 Å². The highest BCUT2D eigenvalue weighted by molar-refractivity contribution is 7.91. The molecule has 1 atom stereocenters. The van der Waals surface area contributed by atoms with Gasteiger partial charge in [-0.1, -0.05) is 6.07 Å². The molecule has 0 unspecified atom stereocenters. The van der Waals surface area contributed by atoms with Gasteiger partial charge in [-0.25, -0.2) is 8.42 Å². The summed E-state index contributed by atoms with van der Waals surface area (Å²) in [7, 11) is -3.05. The molecule has 0 bridgehead atoms. The molecule has 0 aliphatic carbocycles. The van der Waals surface area contributed by atoms with Gasteiger partial charge in [0.1, 0.15) is 5.76 Å². The van der Waals surface area contributed by atoms with E-state index in [0.717, 1.165) is 10.6 Å². The summed E-state index contributed by atoms with van der Waals surface area (Å²) in [6, 6.07) is 8.86. The van der Waals surface area contributed by atoms with Crippen LogP contribution in [-0.4, -0.2) is 35.6 Å². The number of sulfone groups is 1. The predicted octanol–water partition coefficient (Wildman–Crippen LogP) is 2.49. The summed E-state index contributed by atoms with van der Waals surface area (Å²) in [5.74, 6) is 0.541. The van der Waals surface area contributed by atoms with E-state index in [2.05, 4.69) is 10.4 Å². The summed E-state index contributed by atoms with van der Waals surface area (Å²) in [5.41, 5.74) is 1.04. The lowest BCUT2D eigenvalue weighted by Gasteiger charge is -2.12. The predicted molar refractivity (Wildman–Crippen MR) is 97.7 cm³/mol. The summed E-state index contributed by atoms with van der Waals surface area (Å²) in [6.45, 7) is 0.269. The summed E-state index contributed by atoms with van der Waals surface area (Å²) < 4.78 is 30.6. The fourth-order valence-corrected chi connectivity index (χ4v) is 5.46. The lowest BCUT2D eigenvalue weighted by atomic mass is 10.2. The van der Waals surface area contributed by atoms with Gasteiger partial charge in [-0.2, -0.15) is 5.10 Å². The largest absolute Gasteiger partial charge is 0.467 e. The Morgan fingerprint density at radius 3 is 2.92 bits per heavy atom. The first-order chi connectivity index (χ1) is 12.5. The minimum absolute atomic E-state index is 0.0561. The van der Waals surface area contributed by atoms with E-state index in [4.69, 9.17) is 4.42 Å². The van der Waals surface area contributed by atoms with Crippen LogP contribution in [0.15, 0.2) is 46.4 Å². The minimum atomic E-state index is -3.05. The van der Waals surface area contributed by atoms with Gasteiger partial charge in [-0.05, 0) is 36.1 Å². The first kappa shape index (κ1) is 17.0. The number of furan rings is 1. The molecule has 1 fully saturated rings. The minimum Gasteiger partial charge on any atom is -0.467 e. The Labute approximate surface area is 154 Å². The van der Waals surface area contributed by atoms with Gasteiger partial charge >= 0.3 is 0 Å². The standard InChI is InChI=1S/C17H17N3O4S2/c21-17(18-10-13-3-1-6-24-13)14-9-15(16-4-2-7-25-16)20(19-14)12-5-8-26(22,23)11-12/h1-4,6-7,9,12H,5,8,10-11H2,(H,18,21)/t12-/m1/s1. The van der Waals surface area contributed by atoms with Crippen LogP contribution in [0.3, 0.4) is 0 Å². The molecule has 1 aliphatic rings. The Kier molecular flexibility index (Phi) is 4.41. The number of hydrogen-bond donors (Lipinski definition) is 1. The maximum absolute atomic E-state index is 12.5. The number of aromatic nitrogens is 2. The van der Waals surface area contributed by atoms with E-state index < -0.39 is 9.84 Å². The molecule has 1 saturated heterocycles. The summed E-state index contributed by atoms with van der Waals surface area (Å²) in [5, 5.41) is 9.14. The SMILES string of the molecule is O=C(NCc1ccco1)c1cc(-c2cccs2)n([C@@H]2CCS(=O)(=O)C2)n1. The van der Waals surface area contributed by atoms with Crippen LogP contribution in [0.4, 0.5) is 0 Å². The molecular weight excluding hydrogens is 374 g/mol. The Morgan fingerprint density at radius 2 is 2.27 bits per heavy atom. The van der Waals surface area contributed by atoms with Crippen molar-refractivity contribution in [3.8, 4) is 10.6 Å². The van der Waals surface area contributed by atoms with Gasteiger partial charge in [-0.3, -0.25) is 9.48 Å². The fourth-order valence-electron chi connectivity index (χ4n) is 3.03. The van der Waals surface area contributed by atoms with Crippen LogP contribution < -0.4 is 5.32 Å². The molecule has 136 valence electrons. The Balaban J connectivity index is 1.62. The zero-order valence-electron chi connectivity index (χ0n) is 13.8. The van der Waals surface area contributed by atoms with Crippen LogP contribution in [0.1, 0.15) is 28.7 Å². The second kappa shape index (κ2) is 6.73. The highest BCUT2D eigenvalue weighted by atomic mass is 32.2. The van der Waals surface area contributed by atoms with E-state index in [0.29, 0.717) is 12.2 Å². The van der Waals surface area contributed by atoms with Gasteiger partial charge in [0.2, 0.25) is 0 Å². The van der Waals surface area contributed by atoms with Crippen molar-refractivity contribution in [2.24, 2.45) is 0 Å². The molecule has 0 spiro atoms. The summed E-state index contributed by atoms with van der Waals surface area (Å²) in [6.07, 6.45) is 2.06. The molecule has 3 aromatic rings. The first-order valence-electron chi connectivity index (χ1n) is 8.16. The monoisotopic (exact) mass is 391 g/mol. The summed E-state index contributed by atoms with van der Waals surface area (Å²) in [4.78, 5) is 13.4. The number of carbonyl (C=O) groups excluding carboxylic acids is 1. The molecule has 1 amide bonds. The molecule has 3 aromatic heterocycles. The molecule has 4 heterocycles. The number of hydrogen-bond acceptors (Lipinski definition) is 6. The molecule has 4 rings (SSSR count). The number of nitrogens with zero attached hydrogens (tertiary/aromatic N) is 2. The Morgan fingerprint density at radius 1 is 1.38 bits per heavy atom. The van der Waals surface area contributed by atoms with Crippen molar-refractivity contribution in [1.82, 2.24) is 15.1 Å². The smallest absolute Gasteiger partial charge is 0.272 e. The molecule has 0 aromatic carbocycles. The van der Waals surface area contributed by atoms with Crippen molar-refractivity contribution in [3.63, 3.8) is 0 Å². The van der Waals surface area contributed by atoms with E-state index in [1.165, 1.54) is 11.3 Å². The number of rotatable bonds is 5. The normalized spacial score (nSPS) is 18.8. The fraction of sp³-hybridized carbons (Fsp3) is 0.294. The molecule has 0 saturated carbocycles. The maximum atomic E-state index is 12.5. The van der Waals surface area contributed by atoms with Crippen molar-refractivity contribution in [1.29, 1.82) is 0 Å². The second-order valence-corrected chi connectivity index (χ2v) is 9.33. The quantitative estimate of drug-likeness (QED) is 0.721. The first-order valence-corrected chi connectivity index (χ1v) is 10.9. The van der Waals surface area contributed by atoms with E-state index in [1.54, 1.807) is 29.1 Å². The van der Waals surface area contributed by atoms with E-state index >= 15 is 0 Å². The lowest BCUT2D eigenvalue weighted by Crippen LogP contribution is -2.23. The number of amides is 1. The Bertz CT molecular complexity index is 1000. The van der Waals surface area contributed by atoms with Crippen LogP contribution in [0.5, 0.6) is 0 Å². The van der Waals surface area contributed by atoms with Crippen LogP contribution in [0.2, 0.25) is 0 Å². The molecule has 26 heavy (non-hydrogen) atoms. The van der Waals surface area contributed by atoms with Crippen molar-refractivity contribution in [2.45, 2.75) is 19.0 Å². The second-order valence-electron chi connectivity index (χ2n) is 6.16. The van der Waals surface area contributed by atoms with Crippen molar-refractivity contribution >= 4 is 27.1 Å². The Hall–Kier alpha value is -2.39. The van der Waals surface area contributed by atoms with Gasteiger partial charge in [-0.15, -0.1) is 11.3 Å². The summed E-state index contributed by atoms with van der Waals surface area (Å²) >= 11 is 1.53. The molecule has 9 heteroatoms. The van der Waals surface area contributed by atoms with Crippen LogP contribution in [0, 0.1) is 0 Å². The molecule has 7 nitrogen and oxygen atoms in total. The van der Waals surface area contributed by atoms with Gasteiger partial charge in [0, 0.05) is 0 Å². The number of carbonyl (C=O) groups is 1. The highest BCUT2D eigenvalue weighted by Gasteiger charge is 2.32. The maximum Gasteiger partial charge on any atom is 0.272 e. The van der Waals surface area contributed by atoms with Crippen molar-refractivity contribution < 1.29 is 17.6 Å². The van der Waals surface area contributed by atoms with Gasteiger partial charge in [0.05, 0.1) is 40.9 Å². The molecular formula is C17H17N3O4S2. The van der Waals surface area contributed by atoms with E-state index in [-0.39, 0.29) is 35.7 Å². The van der Waals surface area contributed by atoms with Crippen molar-refractivity contribution in [2.75, 3.05) is 11.5 Å². The highest BCUT2D eigenvalue weighted by Crippen LogP contribution is 2.32. The van der Waals surface area contributed by atoms with E-state index in [9.17, 15) is 13.2 Å². The average Bonchev–Trinajstić information content (AvgIpc) is 3.37. The number of nitrogens with one attached hydrogen (secondary N) is 1. The lowest BCUT2D eigenvalue weighted by molar-refractivity contribution is 0.0942. The zero-order valence-corrected chi connectivity index (χ0v) is 15.4. The average molecular weight is 391 g/mol. The molecule has 0 radical (unpaired) electrons. The third-order valence-electron chi connectivity index (χ3n) is 4.30. The van der Waals surface area contributed by atoms with Crippen molar-refractivity contribution in [3.05, 3.63) is 53.4 Å². The topological polar surface area (TPSA) is 94.2 Å². The van der Waals surface area contributed by atoms with Gasteiger partial charge < -0.3 is 9.73 Å². The third-order valence-corrected chi connectivity index (χ3v) is 6.94. The third kappa shape index (κ3) is 3.45. The zero-order chi connectivity index (χ0) is 18.1. The molecule has 1 aliphatic heterocycles. The number of thiophene rings is 1.